The molecule has 156 valence electrons. The van der Waals surface area contributed by atoms with E-state index in [2.05, 4.69) is 4.98 Å². The van der Waals surface area contributed by atoms with Crippen LogP contribution in [0, 0.1) is 0 Å². The van der Waals surface area contributed by atoms with Crippen LogP contribution in [0.2, 0.25) is 0 Å². The molecule has 1 spiro atoms. The largest absolute Gasteiger partial charge is 0.447 e. The van der Waals surface area contributed by atoms with Crippen molar-refractivity contribution in [2.75, 3.05) is 13.1 Å². The van der Waals surface area contributed by atoms with Crippen LogP contribution < -0.4 is 5.73 Å². The first-order valence-electron chi connectivity index (χ1n) is 10.0. The van der Waals surface area contributed by atoms with Gasteiger partial charge in [-0.1, -0.05) is 0 Å². The first-order chi connectivity index (χ1) is 13.0. The maximum atomic E-state index is 13.5. The van der Waals surface area contributed by atoms with Gasteiger partial charge in [-0.3, -0.25) is 9.59 Å². The smallest absolute Gasteiger partial charge is 0.276 e. The van der Waals surface area contributed by atoms with E-state index in [9.17, 15) is 14.7 Å². The molecule has 3 heterocycles. The van der Waals surface area contributed by atoms with Crippen molar-refractivity contribution in [1.29, 1.82) is 0 Å². The molecule has 28 heavy (non-hydrogen) atoms. The predicted molar refractivity (Wildman–Crippen MR) is 104 cm³/mol. The molecule has 0 radical (unpaired) electrons. The molecule has 3 fully saturated rings. The van der Waals surface area contributed by atoms with Gasteiger partial charge in [0.2, 0.25) is 11.8 Å². The Hall–Kier alpha value is -1.64. The number of rotatable bonds is 3. The number of aliphatic hydroxyl groups excluding tert-OH is 1. The van der Waals surface area contributed by atoms with Crippen LogP contribution in [0.15, 0.2) is 10.7 Å². The first kappa shape index (κ1) is 21.1. The number of amides is 2. The van der Waals surface area contributed by atoms with Crippen LogP contribution in [0.3, 0.4) is 0 Å². The van der Waals surface area contributed by atoms with E-state index >= 15 is 0 Å². The van der Waals surface area contributed by atoms with Gasteiger partial charge in [0.05, 0.1) is 12.6 Å². The Morgan fingerprint density at radius 2 is 1.93 bits per heavy atom. The van der Waals surface area contributed by atoms with E-state index in [-0.39, 0.29) is 48.6 Å². The Morgan fingerprint density at radius 1 is 1.25 bits per heavy atom. The number of hydrogen-bond donors (Lipinski definition) is 2. The minimum atomic E-state index is -0.757. The highest BCUT2D eigenvalue weighted by Crippen LogP contribution is 2.41. The summed E-state index contributed by atoms with van der Waals surface area (Å²) in [4.78, 5) is 34.5. The number of nitrogens with zero attached hydrogens (tertiary/aromatic N) is 3. The van der Waals surface area contributed by atoms with Crippen molar-refractivity contribution in [2.45, 2.75) is 75.6 Å². The summed E-state index contributed by atoms with van der Waals surface area (Å²) in [5.41, 5.74) is 4.99. The first-order valence-corrected chi connectivity index (χ1v) is 10.0. The van der Waals surface area contributed by atoms with Crippen LogP contribution >= 0.6 is 12.4 Å². The molecule has 1 aliphatic carbocycles. The number of oxazole rings is 1. The van der Waals surface area contributed by atoms with Gasteiger partial charge in [0.25, 0.3) is 5.91 Å². The van der Waals surface area contributed by atoms with Gasteiger partial charge in [-0.2, -0.15) is 0 Å². The monoisotopic (exact) mass is 412 g/mol. The number of hydrogen-bond acceptors (Lipinski definition) is 6. The van der Waals surface area contributed by atoms with Crippen molar-refractivity contribution < 1.29 is 19.1 Å². The van der Waals surface area contributed by atoms with Crippen LogP contribution in [0.4, 0.5) is 0 Å². The van der Waals surface area contributed by atoms with Crippen molar-refractivity contribution in [3.05, 3.63) is 17.8 Å². The van der Waals surface area contributed by atoms with Gasteiger partial charge in [0.1, 0.15) is 11.8 Å². The minimum Gasteiger partial charge on any atom is -0.447 e. The summed E-state index contributed by atoms with van der Waals surface area (Å²) in [5, 5.41) is 9.78. The van der Waals surface area contributed by atoms with E-state index in [4.69, 9.17) is 10.2 Å². The summed E-state index contributed by atoms with van der Waals surface area (Å²) >= 11 is 0. The third kappa shape index (κ3) is 3.53. The highest BCUT2D eigenvalue weighted by atomic mass is 35.5. The number of carbonyl (C=O) groups excluding carboxylic acids is 2. The van der Waals surface area contributed by atoms with Gasteiger partial charge in [-0.15, -0.1) is 12.4 Å². The number of carbonyl (C=O) groups is 2. The second kappa shape index (κ2) is 8.39. The van der Waals surface area contributed by atoms with E-state index in [1.165, 1.54) is 6.26 Å². The lowest BCUT2D eigenvalue weighted by Crippen LogP contribution is -2.63. The van der Waals surface area contributed by atoms with Crippen molar-refractivity contribution >= 4 is 24.2 Å². The SMILES string of the molecule is Cl.NCc1nc(C(=O)N2CCCC23CCCN(C2CCC(O)CC2)C3=O)co1. The summed E-state index contributed by atoms with van der Waals surface area (Å²) in [6, 6.07) is 0.173. The lowest BCUT2D eigenvalue weighted by molar-refractivity contribution is -0.149. The van der Waals surface area contributed by atoms with Gasteiger partial charge in [-0.25, -0.2) is 4.98 Å². The number of aliphatic hydroxyl groups is 1. The molecule has 2 amide bonds. The zero-order valence-corrected chi connectivity index (χ0v) is 16.8. The lowest BCUT2D eigenvalue weighted by atomic mass is 9.82. The molecule has 1 aromatic rings. The van der Waals surface area contributed by atoms with Crippen molar-refractivity contribution in [2.24, 2.45) is 5.73 Å². The molecule has 1 aromatic heterocycles. The Labute approximate surface area is 170 Å². The summed E-state index contributed by atoms with van der Waals surface area (Å²) in [6.07, 6.45) is 7.34. The molecule has 9 heteroatoms. The van der Waals surface area contributed by atoms with E-state index in [0.29, 0.717) is 25.3 Å². The van der Waals surface area contributed by atoms with E-state index in [1.54, 1.807) is 4.90 Å². The van der Waals surface area contributed by atoms with Gasteiger partial charge in [0, 0.05) is 19.1 Å². The molecule has 4 rings (SSSR count). The Morgan fingerprint density at radius 3 is 2.57 bits per heavy atom. The fraction of sp³-hybridized carbons (Fsp3) is 0.737. The second-order valence-electron chi connectivity index (χ2n) is 7.99. The highest BCUT2D eigenvalue weighted by Gasteiger charge is 2.54. The Bertz CT molecular complexity index is 719. The van der Waals surface area contributed by atoms with Gasteiger partial charge < -0.3 is 25.1 Å². The van der Waals surface area contributed by atoms with Gasteiger partial charge >= 0.3 is 0 Å². The van der Waals surface area contributed by atoms with Crippen molar-refractivity contribution in [3.8, 4) is 0 Å². The predicted octanol–water partition coefficient (Wildman–Crippen LogP) is 1.46. The number of nitrogens with two attached hydrogens (primary N) is 1. The fourth-order valence-electron chi connectivity index (χ4n) is 5.03. The quantitative estimate of drug-likeness (QED) is 0.776. The number of likely N-dealkylation sites (tertiary alicyclic amines) is 2. The average molecular weight is 413 g/mol. The maximum Gasteiger partial charge on any atom is 0.276 e. The summed E-state index contributed by atoms with van der Waals surface area (Å²) in [7, 11) is 0. The molecule has 2 aliphatic heterocycles. The standard InChI is InChI=1S/C19H28N4O4.ClH/c20-11-16-21-15(12-27-16)17(25)23-10-2-8-19(23)7-1-9-22(18(19)26)13-3-5-14(24)6-4-13;/h12-14,24H,1-11,20H2;1H. The van der Waals surface area contributed by atoms with Crippen LogP contribution in [0.1, 0.15) is 67.7 Å². The summed E-state index contributed by atoms with van der Waals surface area (Å²) in [5.74, 6) is 0.151. The molecule has 3 aliphatic rings. The maximum absolute atomic E-state index is 13.5. The average Bonchev–Trinajstić information content (AvgIpc) is 3.32. The molecule has 0 aromatic carbocycles. The molecule has 2 saturated heterocycles. The zero-order chi connectivity index (χ0) is 19.0. The number of halogens is 1. The van der Waals surface area contributed by atoms with Gasteiger partial charge in [-0.05, 0) is 51.4 Å². The molecule has 1 saturated carbocycles. The van der Waals surface area contributed by atoms with E-state index < -0.39 is 5.54 Å². The number of aromatic nitrogens is 1. The Balaban J connectivity index is 0.00000225. The van der Waals surface area contributed by atoms with E-state index in [0.717, 1.165) is 45.1 Å². The molecular formula is C19H29ClN4O4. The summed E-state index contributed by atoms with van der Waals surface area (Å²) < 4.78 is 5.22. The summed E-state index contributed by atoms with van der Waals surface area (Å²) in [6.45, 7) is 1.44. The van der Waals surface area contributed by atoms with Crippen LogP contribution in [0.5, 0.6) is 0 Å². The third-order valence-corrected chi connectivity index (χ3v) is 6.43. The van der Waals surface area contributed by atoms with Crippen LogP contribution in [-0.2, 0) is 11.3 Å². The second-order valence-corrected chi connectivity index (χ2v) is 7.99. The molecule has 3 N–H and O–H groups in total. The lowest BCUT2D eigenvalue weighted by Gasteiger charge is -2.48. The molecule has 1 unspecified atom stereocenters. The normalized spacial score (nSPS) is 30.6. The number of piperidine rings is 1. The van der Waals surface area contributed by atoms with Crippen molar-refractivity contribution in [1.82, 2.24) is 14.8 Å². The third-order valence-electron chi connectivity index (χ3n) is 6.43. The molecular weight excluding hydrogens is 384 g/mol. The van der Waals surface area contributed by atoms with E-state index in [1.807, 2.05) is 4.90 Å². The Kier molecular flexibility index (Phi) is 6.31. The van der Waals surface area contributed by atoms with Crippen LogP contribution in [-0.4, -0.2) is 62.5 Å². The molecule has 8 nitrogen and oxygen atoms in total. The van der Waals surface area contributed by atoms with Crippen LogP contribution in [0.25, 0.3) is 0 Å². The molecule has 1 atom stereocenters. The zero-order valence-electron chi connectivity index (χ0n) is 16.0. The topological polar surface area (TPSA) is 113 Å². The molecule has 0 bridgehead atoms. The fourth-order valence-corrected chi connectivity index (χ4v) is 5.03. The minimum absolute atomic E-state index is 0. The highest BCUT2D eigenvalue weighted by molar-refractivity contribution is 5.98. The van der Waals surface area contributed by atoms with Crippen molar-refractivity contribution in [3.63, 3.8) is 0 Å². The van der Waals surface area contributed by atoms with Gasteiger partial charge in [0.15, 0.2) is 5.69 Å².